The molecular formula is C22H32N2O4. The molecule has 1 aromatic carbocycles. The zero-order chi connectivity index (χ0) is 19.8. The number of rotatable bonds is 8. The van der Waals surface area contributed by atoms with Gasteiger partial charge in [0.15, 0.2) is 0 Å². The second-order valence-corrected chi connectivity index (χ2v) is 7.78. The first-order valence-corrected chi connectivity index (χ1v) is 10.5. The first-order valence-electron chi connectivity index (χ1n) is 10.5. The molecule has 0 saturated carbocycles. The first kappa shape index (κ1) is 20.5. The van der Waals surface area contributed by atoms with Gasteiger partial charge in [0.2, 0.25) is 11.8 Å². The number of ether oxygens (including phenoxy) is 2. The average Bonchev–Trinajstić information content (AvgIpc) is 2.74. The number of hydrogen-bond acceptors (Lipinski definition) is 4. The molecule has 2 fully saturated rings. The number of nitrogens with zero attached hydrogens (tertiary/aromatic N) is 2. The summed E-state index contributed by atoms with van der Waals surface area (Å²) >= 11 is 0. The van der Waals surface area contributed by atoms with Crippen molar-refractivity contribution in [2.45, 2.75) is 44.9 Å². The summed E-state index contributed by atoms with van der Waals surface area (Å²) in [4.78, 5) is 28.3. The fourth-order valence-electron chi connectivity index (χ4n) is 3.99. The van der Waals surface area contributed by atoms with Gasteiger partial charge in [-0.1, -0.05) is 0 Å². The number of amides is 2. The topological polar surface area (TPSA) is 59.1 Å². The summed E-state index contributed by atoms with van der Waals surface area (Å²) in [6.07, 6.45) is 6.14. The van der Waals surface area contributed by atoms with Crippen LogP contribution >= 0.6 is 0 Å². The molecule has 0 bridgehead atoms. The van der Waals surface area contributed by atoms with E-state index in [0.717, 1.165) is 63.2 Å². The molecular weight excluding hydrogens is 356 g/mol. The number of likely N-dealkylation sites (tertiary alicyclic amines) is 2. The molecule has 1 aromatic rings. The van der Waals surface area contributed by atoms with Crippen LogP contribution in [0.15, 0.2) is 24.3 Å². The van der Waals surface area contributed by atoms with E-state index in [-0.39, 0.29) is 11.8 Å². The molecule has 0 aliphatic carbocycles. The maximum absolute atomic E-state index is 12.6. The normalized spacial score (nSPS) is 20.2. The smallest absolute Gasteiger partial charge is 0.222 e. The quantitative estimate of drug-likeness (QED) is 0.687. The zero-order valence-electron chi connectivity index (χ0n) is 16.9. The molecule has 2 aliphatic rings. The Kier molecular flexibility index (Phi) is 7.57. The molecule has 3 rings (SSSR count). The van der Waals surface area contributed by atoms with Crippen molar-refractivity contribution < 1.29 is 19.1 Å². The van der Waals surface area contributed by atoms with E-state index in [1.54, 1.807) is 7.11 Å². The molecule has 2 saturated heterocycles. The minimum absolute atomic E-state index is 0.207. The number of hydrogen-bond donors (Lipinski definition) is 0. The summed E-state index contributed by atoms with van der Waals surface area (Å²) < 4.78 is 11.1. The van der Waals surface area contributed by atoms with E-state index in [0.29, 0.717) is 31.9 Å². The second-order valence-electron chi connectivity index (χ2n) is 7.78. The maximum atomic E-state index is 12.6. The van der Waals surface area contributed by atoms with E-state index in [1.807, 2.05) is 34.1 Å². The fraction of sp³-hybridized carbons (Fsp3) is 0.636. The number of carbonyl (C=O) groups is 2. The molecule has 0 unspecified atom stereocenters. The number of methoxy groups -OCH3 is 1. The molecule has 0 radical (unpaired) electrons. The van der Waals surface area contributed by atoms with E-state index in [1.165, 1.54) is 0 Å². The van der Waals surface area contributed by atoms with Crippen molar-refractivity contribution >= 4 is 11.8 Å². The molecule has 6 nitrogen and oxygen atoms in total. The summed E-state index contributed by atoms with van der Waals surface area (Å²) in [6.45, 7) is 3.78. The van der Waals surface area contributed by atoms with Gasteiger partial charge in [-0.3, -0.25) is 9.59 Å². The second kappa shape index (κ2) is 10.3. The number of piperidine rings is 2. The van der Waals surface area contributed by atoms with Crippen molar-refractivity contribution in [1.82, 2.24) is 9.80 Å². The Balaban J connectivity index is 1.38. The van der Waals surface area contributed by atoms with Crippen LogP contribution in [0.2, 0.25) is 0 Å². The molecule has 154 valence electrons. The Bertz CT molecular complexity index is 646. The van der Waals surface area contributed by atoms with Crippen LogP contribution in [0.1, 0.15) is 44.9 Å². The Morgan fingerprint density at radius 1 is 1.11 bits per heavy atom. The van der Waals surface area contributed by atoms with Gasteiger partial charge in [-0.15, -0.1) is 0 Å². The highest BCUT2D eigenvalue weighted by molar-refractivity contribution is 5.77. The summed E-state index contributed by atoms with van der Waals surface area (Å²) in [5.41, 5.74) is 0. The van der Waals surface area contributed by atoms with Crippen LogP contribution in [0.5, 0.6) is 11.5 Å². The van der Waals surface area contributed by atoms with E-state index in [4.69, 9.17) is 9.47 Å². The summed E-state index contributed by atoms with van der Waals surface area (Å²) in [5, 5.41) is 0. The lowest BCUT2D eigenvalue weighted by Crippen LogP contribution is -2.42. The summed E-state index contributed by atoms with van der Waals surface area (Å²) in [6, 6.07) is 7.59. The molecule has 2 amide bonds. The van der Waals surface area contributed by atoms with E-state index >= 15 is 0 Å². The number of benzene rings is 1. The molecule has 1 atom stereocenters. The molecule has 6 heteroatoms. The predicted octanol–water partition coefficient (Wildman–Crippen LogP) is 3.11. The average molecular weight is 389 g/mol. The molecule has 2 aliphatic heterocycles. The van der Waals surface area contributed by atoms with Crippen molar-refractivity contribution in [2.24, 2.45) is 5.92 Å². The van der Waals surface area contributed by atoms with Gasteiger partial charge in [0.05, 0.1) is 13.7 Å². The lowest BCUT2D eigenvalue weighted by molar-refractivity contribution is -0.136. The maximum Gasteiger partial charge on any atom is 0.222 e. The molecule has 0 N–H and O–H groups in total. The summed E-state index contributed by atoms with van der Waals surface area (Å²) in [7, 11) is 1.65. The standard InChI is InChI=1S/C22H32N2O4/c1-27-19-9-11-20(12-10-19)28-17-18-6-4-15-24(16-18)22(26)8-5-14-23-13-3-2-7-21(23)25/h9-12,18H,2-8,13-17H2,1H3/t18-/m0/s1. The van der Waals surface area contributed by atoms with Gasteiger partial charge in [-0.2, -0.15) is 0 Å². The van der Waals surface area contributed by atoms with E-state index in [2.05, 4.69) is 0 Å². The van der Waals surface area contributed by atoms with Gasteiger partial charge >= 0.3 is 0 Å². The largest absolute Gasteiger partial charge is 0.497 e. The third-order valence-corrected chi connectivity index (χ3v) is 5.66. The van der Waals surface area contributed by atoms with Crippen molar-refractivity contribution in [3.63, 3.8) is 0 Å². The molecule has 28 heavy (non-hydrogen) atoms. The first-order chi connectivity index (χ1) is 13.7. The monoisotopic (exact) mass is 388 g/mol. The van der Waals surface area contributed by atoms with E-state index in [9.17, 15) is 9.59 Å². The Morgan fingerprint density at radius 3 is 2.64 bits per heavy atom. The third kappa shape index (κ3) is 5.88. The SMILES string of the molecule is COc1ccc(OC[C@H]2CCCN(C(=O)CCCN3CCCCC3=O)C2)cc1. The van der Waals surface area contributed by atoms with Gasteiger partial charge in [-0.05, 0) is 56.4 Å². The van der Waals surface area contributed by atoms with Crippen LogP contribution in [-0.2, 0) is 9.59 Å². The lowest BCUT2D eigenvalue weighted by atomic mass is 9.98. The van der Waals surface area contributed by atoms with Crippen LogP contribution < -0.4 is 9.47 Å². The third-order valence-electron chi connectivity index (χ3n) is 5.66. The Labute approximate surface area is 167 Å². The van der Waals surface area contributed by atoms with Crippen molar-refractivity contribution in [2.75, 3.05) is 39.9 Å². The van der Waals surface area contributed by atoms with E-state index < -0.39 is 0 Å². The van der Waals surface area contributed by atoms with Crippen molar-refractivity contribution in [1.29, 1.82) is 0 Å². The minimum atomic E-state index is 0.207. The summed E-state index contributed by atoms with van der Waals surface area (Å²) in [5.74, 6) is 2.46. The lowest BCUT2D eigenvalue weighted by Gasteiger charge is -2.33. The van der Waals surface area contributed by atoms with Crippen molar-refractivity contribution in [3.05, 3.63) is 24.3 Å². The Hall–Kier alpha value is -2.24. The molecule has 0 aromatic heterocycles. The molecule has 0 spiro atoms. The van der Waals surface area contributed by atoms with Gasteiger partial charge in [0, 0.05) is 44.9 Å². The zero-order valence-corrected chi connectivity index (χ0v) is 16.9. The fourth-order valence-corrected chi connectivity index (χ4v) is 3.99. The van der Waals surface area contributed by atoms with Gasteiger partial charge in [0.1, 0.15) is 11.5 Å². The van der Waals surface area contributed by atoms with Crippen LogP contribution in [0.4, 0.5) is 0 Å². The van der Waals surface area contributed by atoms with Crippen LogP contribution in [0.3, 0.4) is 0 Å². The number of carbonyl (C=O) groups excluding carboxylic acids is 2. The van der Waals surface area contributed by atoms with Crippen LogP contribution in [0, 0.1) is 5.92 Å². The van der Waals surface area contributed by atoms with Crippen molar-refractivity contribution in [3.8, 4) is 11.5 Å². The Morgan fingerprint density at radius 2 is 1.89 bits per heavy atom. The van der Waals surface area contributed by atoms with Gasteiger partial charge in [0.25, 0.3) is 0 Å². The minimum Gasteiger partial charge on any atom is -0.497 e. The van der Waals surface area contributed by atoms with Crippen LogP contribution in [-0.4, -0.2) is 61.5 Å². The van der Waals surface area contributed by atoms with Gasteiger partial charge < -0.3 is 19.3 Å². The van der Waals surface area contributed by atoms with Gasteiger partial charge in [-0.25, -0.2) is 0 Å². The highest BCUT2D eigenvalue weighted by Gasteiger charge is 2.24. The van der Waals surface area contributed by atoms with Crippen LogP contribution in [0.25, 0.3) is 0 Å². The highest BCUT2D eigenvalue weighted by atomic mass is 16.5. The predicted molar refractivity (Wildman–Crippen MR) is 107 cm³/mol. The highest BCUT2D eigenvalue weighted by Crippen LogP contribution is 2.21. The molecule has 2 heterocycles.